The van der Waals surface area contributed by atoms with Crippen LogP contribution in [0, 0.1) is 0 Å². The van der Waals surface area contributed by atoms with Crippen LogP contribution in [0.15, 0.2) is 69.2 Å². The van der Waals surface area contributed by atoms with E-state index in [1.165, 1.54) is 4.70 Å². The van der Waals surface area contributed by atoms with Gasteiger partial charge in [-0.25, -0.2) is 0 Å². The maximum atomic E-state index is 5.81. The zero-order valence-corrected chi connectivity index (χ0v) is 13.7. The minimum absolute atomic E-state index is 0.749. The number of para-hydroxylation sites is 2. The highest BCUT2D eigenvalue weighted by Crippen LogP contribution is 2.19. The van der Waals surface area contributed by atoms with Gasteiger partial charge in [0.15, 0.2) is 5.76 Å². The first-order valence-electron chi connectivity index (χ1n) is 7.34. The van der Waals surface area contributed by atoms with E-state index in [0.717, 1.165) is 32.8 Å². The third-order valence-corrected chi connectivity index (χ3v) is 4.89. The number of aromatic nitrogens is 1. The van der Waals surface area contributed by atoms with Crippen LogP contribution in [0.2, 0.25) is 0 Å². The first-order chi connectivity index (χ1) is 11.2. The Morgan fingerprint density at radius 1 is 1.09 bits per heavy atom. The average Bonchev–Trinajstić information content (AvgIpc) is 3.15. The van der Waals surface area contributed by atoms with E-state index in [2.05, 4.69) is 26.9 Å². The number of fused-ring (bicyclic) bond motifs is 2. The first-order valence-corrected chi connectivity index (χ1v) is 8.16. The number of aryl methyl sites for hydroxylation is 1. The Morgan fingerprint density at radius 3 is 2.70 bits per heavy atom. The van der Waals surface area contributed by atoms with Crippen molar-refractivity contribution in [1.82, 2.24) is 4.57 Å². The molecule has 0 amide bonds. The summed E-state index contributed by atoms with van der Waals surface area (Å²) >= 11 is 1.62. The van der Waals surface area contributed by atoms with Gasteiger partial charge >= 0.3 is 0 Å². The Kier molecular flexibility index (Phi) is 3.35. The Morgan fingerprint density at radius 2 is 1.87 bits per heavy atom. The minimum Gasteiger partial charge on any atom is -0.455 e. The molecule has 0 bridgehead atoms. The summed E-state index contributed by atoms with van der Waals surface area (Å²) in [6.45, 7) is 1.91. The van der Waals surface area contributed by atoms with Crippen LogP contribution in [-0.4, -0.2) is 10.3 Å². The highest BCUT2D eigenvalue weighted by molar-refractivity contribution is 7.16. The van der Waals surface area contributed by atoms with Gasteiger partial charge in [-0.05, 0) is 31.2 Å². The van der Waals surface area contributed by atoms with Crippen LogP contribution < -0.4 is 4.80 Å². The number of hydrogen-bond acceptors (Lipinski definition) is 4. The lowest BCUT2D eigenvalue weighted by Crippen LogP contribution is -2.09. The Hall–Kier alpha value is -2.66. The number of benzene rings is 2. The van der Waals surface area contributed by atoms with Crippen LogP contribution in [0.4, 0.5) is 0 Å². The van der Waals surface area contributed by atoms with E-state index in [9.17, 15) is 0 Å². The molecular formula is C18H15N3OS. The Bertz CT molecular complexity index is 1070. The van der Waals surface area contributed by atoms with Gasteiger partial charge in [0.25, 0.3) is 0 Å². The van der Waals surface area contributed by atoms with Crippen molar-refractivity contribution in [2.24, 2.45) is 17.3 Å². The molecule has 4 nitrogen and oxygen atoms in total. The molecule has 0 aliphatic carbocycles. The quantitative estimate of drug-likeness (QED) is 0.401. The van der Waals surface area contributed by atoms with Gasteiger partial charge in [-0.3, -0.25) is 0 Å². The molecule has 0 saturated heterocycles. The molecule has 0 radical (unpaired) electrons. The molecule has 0 spiro atoms. The predicted molar refractivity (Wildman–Crippen MR) is 94.8 cm³/mol. The summed E-state index contributed by atoms with van der Waals surface area (Å²) in [6.07, 6.45) is 0. The predicted octanol–water partition coefficient (Wildman–Crippen LogP) is 4.31. The molecule has 4 rings (SSSR count). The molecule has 2 aromatic carbocycles. The number of hydrogen-bond donors (Lipinski definition) is 0. The van der Waals surface area contributed by atoms with Gasteiger partial charge in [0.05, 0.1) is 10.2 Å². The molecule has 114 valence electrons. The van der Waals surface area contributed by atoms with E-state index in [4.69, 9.17) is 4.42 Å². The van der Waals surface area contributed by atoms with Crippen molar-refractivity contribution in [3.63, 3.8) is 0 Å². The van der Waals surface area contributed by atoms with Crippen LogP contribution in [0.5, 0.6) is 0 Å². The summed E-state index contributed by atoms with van der Waals surface area (Å²) in [7, 11) is 2.00. The lowest BCUT2D eigenvalue weighted by Gasteiger charge is -1.93. The summed E-state index contributed by atoms with van der Waals surface area (Å²) in [6, 6.07) is 18.2. The molecule has 2 aromatic heterocycles. The SMILES string of the molecule is CC(=NN=c1sc2ccccc2n1C)c1cc2ccccc2o1. The fraction of sp³-hybridized carbons (Fsp3) is 0.111. The van der Waals surface area contributed by atoms with E-state index in [1.54, 1.807) is 11.3 Å². The second kappa shape index (κ2) is 5.52. The molecule has 5 heteroatoms. The smallest absolute Gasteiger partial charge is 0.211 e. The van der Waals surface area contributed by atoms with Crippen molar-refractivity contribution in [3.05, 3.63) is 65.2 Å². The largest absolute Gasteiger partial charge is 0.455 e. The van der Waals surface area contributed by atoms with Crippen molar-refractivity contribution in [3.8, 4) is 0 Å². The highest BCUT2D eigenvalue weighted by atomic mass is 32.1. The normalized spacial score (nSPS) is 13.3. The summed E-state index contributed by atoms with van der Waals surface area (Å²) in [5.41, 5.74) is 2.79. The second-order valence-electron chi connectivity index (χ2n) is 5.35. The molecule has 0 aliphatic heterocycles. The Labute approximate surface area is 137 Å². The Balaban J connectivity index is 1.77. The minimum atomic E-state index is 0.749. The molecule has 4 aromatic rings. The zero-order chi connectivity index (χ0) is 15.8. The van der Waals surface area contributed by atoms with Crippen LogP contribution in [0.25, 0.3) is 21.2 Å². The molecular weight excluding hydrogens is 306 g/mol. The fourth-order valence-corrected chi connectivity index (χ4v) is 3.47. The van der Waals surface area contributed by atoms with Crippen molar-refractivity contribution in [2.75, 3.05) is 0 Å². The molecule has 0 aliphatic rings. The second-order valence-corrected chi connectivity index (χ2v) is 6.35. The molecule has 0 fully saturated rings. The van der Waals surface area contributed by atoms with Crippen LogP contribution >= 0.6 is 11.3 Å². The van der Waals surface area contributed by atoms with Gasteiger partial charge in [-0.15, -0.1) is 10.2 Å². The van der Waals surface area contributed by atoms with Crippen molar-refractivity contribution in [2.45, 2.75) is 6.92 Å². The standard InChI is InChI=1S/C18H15N3OS/c1-12(16-11-13-7-3-5-9-15(13)22-16)19-20-18-21(2)14-8-4-6-10-17(14)23-18/h3-11H,1-2H3. The molecule has 0 N–H and O–H groups in total. The fourth-order valence-electron chi connectivity index (χ4n) is 2.51. The van der Waals surface area contributed by atoms with Crippen LogP contribution in [0.3, 0.4) is 0 Å². The average molecular weight is 321 g/mol. The highest BCUT2D eigenvalue weighted by Gasteiger charge is 2.06. The van der Waals surface area contributed by atoms with Crippen molar-refractivity contribution < 1.29 is 4.42 Å². The van der Waals surface area contributed by atoms with Crippen molar-refractivity contribution in [1.29, 1.82) is 0 Å². The number of nitrogens with zero attached hydrogens (tertiary/aromatic N) is 3. The van der Waals surface area contributed by atoms with Crippen LogP contribution in [0.1, 0.15) is 12.7 Å². The summed E-state index contributed by atoms with van der Waals surface area (Å²) in [4.78, 5) is 0.863. The number of rotatable bonds is 2. The lowest BCUT2D eigenvalue weighted by atomic mass is 10.2. The maximum absolute atomic E-state index is 5.81. The van der Waals surface area contributed by atoms with Gasteiger partial charge in [0, 0.05) is 12.4 Å². The third kappa shape index (κ3) is 2.49. The van der Waals surface area contributed by atoms with Gasteiger partial charge in [-0.1, -0.05) is 41.7 Å². The molecule has 0 saturated carbocycles. The number of furan rings is 1. The summed E-state index contributed by atoms with van der Waals surface area (Å²) in [5, 5.41) is 9.83. The summed E-state index contributed by atoms with van der Waals surface area (Å²) in [5.74, 6) is 0.749. The molecule has 2 heterocycles. The van der Waals surface area contributed by atoms with E-state index < -0.39 is 0 Å². The van der Waals surface area contributed by atoms with Gasteiger partial charge in [-0.2, -0.15) is 0 Å². The van der Waals surface area contributed by atoms with Crippen molar-refractivity contribution >= 4 is 38.2 Å². The zero-order valence-electron chi connectivity index (χ0n) is 12.9. The van der Waals surface area contributed by atoms with E-state index >= 15 is 0 Å². The molecule has 23 heavy (non-hydrogen) atoms. The first kappa shape index (κ1) is 14.0. The van der Waals surface area contributed by atoms with E-state index in [-0.39, 0.29) is 0 Å². The lowest BCUT2D eigenvalue weighted by molar-refractivity contribution is 0.604. The molecule has 0 unspecified atom stereocenters. The topological polar surface area (TPSA) is 42.8 Å². The molecule has 0 atom stereocenters. The maximum Gasteiger partial charge on any atom is 0.211 e. The van der Waals surface area contributed by atoms with Gasteiger partial charge in [0.2, 0.25) is 4.80 Å². The monoisotopic (exact) mass is 321 g/mol. The third-order valence-electron chi connectivity index (χ3n) is 3.78. The van der Waals surface area contributed by atoms with E-state index in [0.29, 0.717) is 0 Å². The van der Waals surface area contributed by atoms with Crippen LogP contribution in [-0.2, 0) is 7.05 Å². The summed E-state index contributed by atoms with van der Waals surface area (Å²) < 4.78 is 9.06. The number of thiazole rings is 1. The van der Waals surface area contributed by atoms with E-state index in [1.807, 2.05) is 56.4 Å². The van der Waals surface area contributed by atoms with Gasteiger partial charge in [0.1, 0.15) is 11.3 Å². The van der Waals surface area contributed by atoms with Gasteiger partial charge < -0.3 is 8.98 Å².